The van der Waals surface area contributed by atoms with Gasteiger partial charge in [0.25, 0.3) is 5.89 Å². The second-order valence-corrected chi connectivity index (χ2v) is 7.75. The molecule has 3 aromatic rings. The van der Waals surface area contributed by atoms with E-state index in [0.29, 0.717) is 24.5 Å². The Morgan fingerprint density at radius 2 is 1.65 bits per heavy atom. The van der Waals surface area contributed by atoms with Gasteiger partial charge in [0.2, 0.25) is 0 Å². The van der Waals surface area contributed by atoms with Crippen molar-refractivity contribution in [1.82, 2.24) is 4.98 Å². The van der Waals surface area contributed by atoms with E-state index in [-0.39, 0.29) is 17.0 Å². The van der Waals surface area contributed by atoms with Gasteiger partial charge >= 0.3 is 12.1 Å². The van der Waals surface area contributed by atoms with Gasteiger partial charge in [-0.2, -0.15) is 13.2 Å². The smallest absolute Gasteiger partial charge is 0.417 e. The molecule has 0 fully saturated rings. The highest BCUT2D eigenvalue weighted by Crippen LogP contribution is 2.32. The number of carbonyl (C=O) groups is 1. The lowest BCUT2D eigenvalue weighted by Gasteiger charge is -2.09. The van der Waals surface area contributed by atoms with Gasteiger partial charge in [-0.25, -0.2) is 9.78 Å². The number of nitrogens with zero attached hydrogens (tertiary/aromatic N) is 1. The molecule has 0 saturated heterocycles. The number of hydrogen-bond donors (Lipinski definition) is 0. The lowest BCUT2D eigenvalue weighted by Crippen LogP contribution is -2.08. The zero-order chi connectivity index (χ0) is 26.5. The lowest BCUT2D eigenvalue weighted by molar-refractivity contribution is -0.138. The number of rotatable bonds is 9. The third-order valence-corrected chi connectivity index (χ3v) is 4.99. The van der Waals surface area contributed by atoms with E-state index in [9.17, 15) is 18.0 Å². The summed E-state index contributed by atoms with van der Waals surface area (Å²) in [5.74, 6) is 10.9. The predicted molar refractivity (Wildman–Crippen MR) is 131 cm³/mol. The van der Waals surface area contributed by atoms with Crippen LogP contribution in [0.25, 0.3) is 0 Å². The molecule has 0 atom stereocenters. The fraction of sp³-hybridized carbons (Fsp3) is 0.241. The Morgan fingerprint density at radius 1 is 0.946 bits per heavy atom. The van der Waals surface area contributed by atoms with Gasteiger partial charge in [-0.3, -0.25) is 0 Å². The van der Waals surface area contributed by atoms with Crippen LogP contribution in [-0.2, 0) is 15.7 Å². The molecule has 190 valence electrons. The highest BCUT2D eigenvalue weighted by Gasteiger charge is 2.33. The Morgan fingerprint density at radius 3 is 2.32 bits per heavy atom. The van der Waals surface area contributed by atoms with Crippen LogP contribution in [0.3, 0.4) is 0 Å². The van der Waals surface area contributed by atoms with E-state index in [1.807, 2.05) is 0 Å². The first-order chi connectivity index (χ1) is 17.8. The molecule has 2 aromatic carbocycles. The van der Waals surface area contributed by atoms with E-state index in [4.69, 9.17) is 13.9 Å². The second-order valence-electron chi connectivity index (χ2n) is 7.75. The first-order valence-corrected chi connectivity index (χ1v) is 11.5. The molecule has 3 rings (SSSR count). The van der Waals surface area contributed by atoms with E-state index >= 15 is 0 Å². The number of benzene rings is 2. The van der Waals surface area contributed by atoms with Crippen LogP contribution in [0.1, 0.15) is 53.8 Å². The summed E-state index contributed by atoms with van der Waals surface area (Å²) in [6, 6.07) is 10.8. The Kier molecular flexibility index (Phi) is 9.99. The van der Waals surface area contributed by atoms with Gasteiger partial charge < -0.3 is 13.9 Å². The first-order valence-electron chi connectivity index (χ1n) is 11.5. The number of carbonyl (C=O) groups excluding carboxylic acids is 1. The molecule has 1 aromatic heterocycles. The molecule has 8 heteroatoms. The average molecular weight is 508 g/mol. The van der Waals surface area contributed by atoms with E-state index in [1.54, 1.807) is 24.3 Å². The Balaban J connectivity index is 1.52. The first kappa shape index (κ1) is 27.2. The zero-order valence-electron chi connectivity index (χ0n) is 19.9. The van der Waals surface area contributed by atoms with Crippen molar-refractivity contribution in [2.24, 2.45) is 0 Å². The highest BCUT2D eigenvalue weighted by molar-refractivity contribution is 5.81. The quantitative estimate of drug-likeness (QED) is 0.150. The molecule has 37 heavy (non-hydrogen) atoms. The summed E-state index contributed by atoms with van der Waals surface area (Å²) in [6.45, 7) is 4.27. The zero-order valence-corrected chi connectivity index (χ0v) is 19.9. The normalized spacial score (nSPS) is 10.5. The topological polar surface area (TPSA) is 61.6 Å². The molecule has 0 bridgehead atoms. The van der Waals surface area contributed by atoms with E-state index in [2.05, 4.69) is 35.2 Å². The van der Waals surface area contributed by atoms with Crippen LogP contribution >= 0.6 is 0 Å². The predicted octanol–water partition coefficient (Wildman–Crippen LogP) is 6.16. The summed E-state index contributed by atoms with van der Waals surface area (Å²) >= 11 is 0. The van der Waals surface area contributed by atoms with Gasteiger partial charge in [-0.15, -0.1) is 0 Å². The Labute approximate surface area is 213 Å². The maximum absolute atomic E-state index is 13.6. The minimum Gasteiger partial charge on any atom is -0.494 e. The second kappa shape index (κ2) is 13.6. The third-order valence-electron chi connectivity index (χ3n) is 4.99. The van der Waals surface area contributed by atoms with Gasteiger partial charge in [-0.1, -0.05) is 24.3 Å². The van der Waals surface area contributed by atoms with Crippen LogP contribution in [0.2, 0.25) is 0 Å². The maximum atomic E-state index is 13.6. The van der Waals surface area contributed by atoms with Gasteiger partial charge in [0.05, 0.1) is 25.0 Å². The van der Waals surface area contributed by atoms with Crippen molar-refractivity contribution in [3.8, 4) is 29.4 Å². The van der Waals surface area contributed by atoms with Crippen LogP contribution in [0.15, 0.2) is 72.0 Å². The number of esters is 1. The SMILES string of the molecule is C=CC(=O)OCCCCCCOc1ccc(C#Cc2ccc(C#Cc3ncco3)c(C(F)(F)F)c2)cc1. The molecule has 1 heterocycles. The van der Waals surface area contributed by atoms with Crippen molar-refractivity contribution in [1.29, 1.82) is 0 Å². The van der Waals surface area contributed by atoms with Crippen LogP contribution in [0, 0.1) is 23.7 Å². The molecule has 0 N–H and O–H groups in total. The number of halogens is 3. The molecule has 0 amide bonds. The minimum absolute atomic E-state index is 0.0353. The summed E-state index contributed by atoms with van der Waals surface area (Å²) < 4.78 is 56.2. The standard InChI is InChI=1S/C29H24F3NO4/c1-2-28(34)37-19-6-4-3-5-18-35-25-14-10-22(11-15-25)7-8-23-9-12-24(26(21-23)29(30,31)32)13-16-27-33-17-20-36-27/h2,9-12,14-15,17,20-21H,1,3-6,18-19H2. The van der Waals surface area contributed by atoms with Crippen LogP contribution < -0.4 is 4.74 Å². The van der Waals surface area contributed by atoms with Crippen molar-refractivity contribution >= 4 is 5.97 Å². The fourth-order valence-corrected chi connectivity index (χ4v) is 3.13. The van der Waals surface area contributed by atoms with Gasteiger partial charge in [0.15, 0.2) is 0 Å². The fourth-order valence-electron chi connectivity index (χ4n) is 3.13. The van der Waals surface area contributed by atoms with Crippen LogP contribution in [0.5, 0.6) is 5.75 Å². The molecule has 0 saturated carbocycles. The number of alkyl halides is 3. The van der Waals surface area contributed by atoms with Crippen molar-refractivity contribution in [2.45, 2.75) is 31.9 Å². The number of hydrogen-bond acceptors (Lipinski definition) is 5. The lowest BCUT2D eigenvalue weighted by atomic mass is 10.0. The van der Waals surface area contributed by atoms with Crippen molar-refractivity contribution in [3.05, 3.63) is 95.7 Å². The van der Waals surface area contributed by atoms with E-state index in [1.165, 1.54) is 24.6 Å². The molecule has 5 nitrogen and oxygen atoms in total. The molecule has 0 aliphatic carbocycles. The van der Waals surface area contributed by atoms with Gasteiger partial charge in [-0.05, 0) is 74.1 Å². The number of oxazole rings is 1. The van der Waals surface area contributed by atoms with Crippen molar-refractivity contribution < 1.29 is 31.9 Å². The summed E-state index contributed by atoms with van der Waals surface area (Å²) in [4.78, 5) is 14.7. The molecule has 0 aliphatic heterocycles. The summed E-state index contributed by atoms with van der Waals surface area (Å²) in [5, 5.41) is 0. The summed E-state index contributed by atoms with van der Waals surface area (Å²) in [7, 11) is 0. The van der Waals surface area contributed by atoms with Crippen molar-refractivity contribution in [3.63, 3.8) is 0 Å². The molecule has 0 spiro atoms. The van der Waals surface area contributed by atoms with Crippen molar-refractivity contribution in [2.75, 3.05) is 13.2 Å². The Hall–Kier alpha value is -4.43. The average Bonchev–Trinajstić information content (AvgIpc) is 3.41. The molecule has 0 unspecified atom stereocenters. The van der Waals surface area contributed by atoms with E-state index in [0.717, 1.165) is 37.8 Å². The highest BCUT2D eigenvalue weighted by atomic mass is 19.4. The molecule has 0 aliphatic rings. The van der Waals surface area contributed by atoms with Gasteiger partial charge in [0.1, 0.15) is 12.0 Å². The summed E-state index contributed by atoms with van der Waals surface area (Å²) in [6.07, 6.45) is 2.73. The van der Waals surface area contributed by atoms with Crippen LogP contribution in [0.4, 0.5) is 13.2 Å². The van der Waals surface area contributed by atoms with Crippen LogP contribution in [-0.4, -0.2) is 24.2 Å². The summed E-state index contributed by atoms with van der Waals surface area (Å²) in [5.41, 5.74) is -0.204. The van der Waals surface area contributed by atoms with E-state index < -0.39 is 17.7 Å². The maximum Gasteiger partial charge on any atom is 0.417 e. The number of ether oxygens (including phenoxy) is 2. The Bertz CT molecular complexity index is 1310. The minimum atomic E-state index is -4.59. The third kappa shape index (κ3) is 9.27. The van der Waals surface area contributed by atoms with Gasteiger partial charge in [0, 0.05) is 22.8 Å². The number of aromatic nitrogens is 1. The largest absolute Gasteiger partial charge is 0.494 e. The monoisotopic (exact) mass is 507 g/mol. The molecular formula is C29H24F3NO4. The molecular weight excluding hydrogens is 483 g/mol. The molecule has 0 radical (unpaired) electrons. The number of unbranched alkanes of at least 4 members (excludes halogenated alkanes) is 3.